The molecule has 29 heavy (non-hydrogen) atoms. The van der Waals surface area contributed by atoms with E-state index >= 15 is 0 Å². The van der Waals surface area contributed by atoms with Crippen molar-refractivity contribution in [2.45, 2.75) is 32.6 Å². The standard InChI is InChI=1S/C21H23N3O4S/c1-21(2)8-12-16(13(25)9-21)15(11-7-10(27-3)5-6-14(11)28-4)17-18(22-12)23-20(29)24-19(17)26/h5-7,15H,8-9H2,1-4H3,(H3,22,23,24,26,29). The molecule has 0 bridgehead atoms. The van der Waals surface area contributed by atoms with Crippen LogP contribution in [0.2, 0.25) is 0 Å². The van der Waals surface area contributed by atoms with Crippen molar-refractivity contribution in [3.63, 3.8) is 0 Å². The van der Waals surface area contributed by atoms with Gasteiger partial charge in [0.2, 0.25) is 0 Å². The van der Waals surface area contributed by atoms with Crippen LogP contribution in [0.1, 0.15) is 43.7 Å². The van der Waals surface area contributed by atoms with Gasteiger partial charge in [-0.1, -0.05) is 13.8 Å². The molecule has 8 heteroatoms. The highest BCUT2D eigenvalue weighted by Crippen LogP contribution is 2.49. The number of rotatable bonds is 3. The van der Waals surface area contributed by atoms with Crippen molar-refractivity contribution in [3.8, 4) is 11.5 Å². The van der Waals surface area contributed by atoms with E-state index in [2.05, 4.69) is 29.1 Å². The number of aromatic nitrogens is 2. The molecule has 1 unspecified atom stereocenters. The van der Waals surface area contributed by atoms with Gasteiger partial charge in [0.1, 0.15) is 17.3 Å². The van der Waals surface area contributed by atoms with E-state index < -0.39 is 5.92 Å². The third kappa shape index (κ3) is 3.27. The van der Waals surface area contributed by atoms with Gasteiger partial charge in [0.15, 0.2) is 10.6 Å². The fraction of sp³-hybridized carbons (Fsp3) is 0.381. The number of carbonyl (C=O) groups excluding carboxylic acids is 1. The van der Waals surface area contributed by atoms with Gasteiger partial charge < -0.3 is 19.8 Å². The molecule has 0 amide bonds. The molecule has 152 valence electrons. The van der Waals surface area contributed by atoms with Crippen LogP contribution in [0.25, 0.3) is 0 Å². The summed E-state index contributed by atoms with van der Waals surface area (Å²) >= 11 is 5.16. The zero-order valence-electron chi connectivity index (χ0n) is 16.8. The van der Waals surface area contributed by atoms with E-state index in [0.29, 0.717) is 46.9 Å². The average Bonchev–Trinajstić information content (AvgIpc) is 2.64. The third-order valence-corrected chi connectivity index (χ3v) is 5.70. The molecule has 0 radical (unpaired) electrons. The van der Waals surface area contributed by atoms with E-state index in [1.54, 1.807) is 26.4 Å². The number of fused-ring (bicyclic) bond motifs is 1. The molecule has 2 aliphatic rings. The molecular weight excluding hydrogens is 390 g/mol. The lowest BCUT2D eigenvalue weighted by atomic mass is 9.69. The summed E-state index contributed by atoms with van der Waals surface area (Å²) < 4.78 is 11.2. The topological polar surface area (TPSA) is 96.2 Å². The first-order valence-electron chi connectivity index (χ1n) is 9.36. The highest BCUT2D eigenvalue weighted by atomic mass is 32.1. The number of methoxy groups -OCH3 is 2. The summed E-state index contributed by atoms with van der Waals surface area (Å²) in [4.78, 5) is 31.9. The number of aromatic amines is 2. The summed E-state index contributed by atoms with van der Waals surface area (Å²) in [5.41, 5.74) is 2.00. The number of nitrogens with one attached hydrogen (secondary N) is 3. The normalized spacial score (nSPS) is 19.9. The lowest BCUT2D eigenvalue weighted by Crippen LogP contribution is -2.37. The van der Waals surface area contributed by atoms with Crippen molar-refractivity contribution in [1.29, 1.82) is 0 Å². The molecule has 3 N–H and O–H groups in total. The summed E-state index contributed by atoms with van der Waals surface area (Å²) in [5.74, 6) is 1.14. The minimum atomic E-state index is -0.592. The maximum atomic E-state index is 13.3. The number of allylic oxidation sites excluding steroid dienone is 2. The largest absolute Gasteiger partial charge is 0.497 e. The van der Waals surface area contributed by atoms with E-state index in [-0.39, 0.29) is 21.5 Å². The molecule has 7 nitrogen and oxygen atoms in total. The highest BCUT2D eigenvalue weighted by Gasteiger charge is 2.43. The van der Waals surface area contributed by atoms with Crippen molar-refractivity contribution in [1.82, 2.24) is 9.97 Å². The predicted molar refractivity (Wildman–Crippen MR) is 112 cm³/mol. The van der Waals surface area contributed by atoms with Gasteiger partial charge in [-0.2, -0.15) is 0 Å². The van der Waals surface area contributed by atoms with Crippen LogP contribution in [0.4, 0.5) is 5.82 Å². The average molecular weight is 413 g/mol. The van der Waals surface area contributed by atoms with Gasteiger partial charge in [-0.05, 0) is 42.3 Å². The molecule has 0 saturated carbocycles. The Balaban J connectivity index is 2.05. The molecule has 4 rings (SSSR count). The van der Waals surface area contributed by atoms with Crippen LogP contribution in [0.5, 0.6) is 11.5 Å². The number of hydrogen-bond donors (Lipinski definition) is 3. The smallest absolute Gasteiger partial charge is 0.257 e. The second-order valence-corrected chi connectivity index (χ2v) is 8.60. The number of carbonyl (C=O) groups is 1. The number of hydrogen-bond acceptors (Lipinski definition) is 6. The molecule has 1 aromatic carbocycles. The molecule has 0 spiro atoms. The summed E-state index contributed by atoms with van der Waals surface area (Å²) in [6.07, 6.45) is 1.09. The van der Waals surface area contributed by atoms with E-state index in [4.69, 9.17) is 21.7 Å². The Bertz CT molecular complexity index is 1160. The molecule has 1 aliphatic heterocycles. The summed E-state index contributed by atoms with van der Waals surface area (Å²) in [6.45, 7) is 4.13. The Hall–Kier alpha value is -2.87. The monoisotopic (exact) mass is 413 g/mol. The number of anilines is 1. The van der Waals surface area contributed by atoms with Crippen LogP contribution in [0, 0.1) is 10.2 Å². The number of benzene rings is 1. The van der Waals surface area contributed by atoms with E-state index in [1.807, 2.05) is 6.07 Å². The predicted octanol–water partition coefficient (Wildman–Crippen LogP) is 3.65. The Kier molecular flexibility index (Phi) is 4.61. The number of ketones is 1. The fourth-order valence-corrected chi connectivity index (χ4v) is 4.52. The van der Waals surface area contributed by atoms with Gasteiger partial charge in [0.05, 0.1) is 25.7 Å². The van der Waals surface area contributed by atoms with Crippen molar-refractivity contribution in [2.75, 3.05) is 19.5 Å². The van der Waals surface area contributed by atoms with E-state index in [0.717, 1.165) is 5.70 Å². The molecule has 2 heterocycles. The Morgan fingerprint density at radius 1 is 1.10 bits per heavy atom. The van der Waals surface area contributed by atoms with Crippen LogP contribution in [-0.2, 0) is 4.79 Å². The van der Waals surface area contributed by atoms with Crippen molar-refractivity contribution < 1.29 is 14.3 Å². The van der Waals surface area contributed by atoms with Gasteiger partial charge in [-0.25, -0.2) is 0 Å². The lowest BCUT2D eigenvalue weighted by molar-refractivity contribution is -0.118. The minimum absolute atomic E-state index is 0.0196. The van der Waals surface area contributed by atoms with Crippen LogP contribution in [0.3, 0.4) is 0 Å². The fourth-order valence-electron chi connectivity index (χ4n) is 4.32. The van der Waals surface area contributed by atoms with Gasteiger partial charge in [-0.3, -0.25) is 14.6 Å². The third-order valence-electron chi connectivity index (χ3n) is 5.50. The van der Waals surface area contributed by atoms with Crippen molar-refractivity contribution >= 4 is 23.8 Å². The van der Waals surface area contributed by atoms with Gasteiger partial charge in [0.25, 0.3) is 5.56 Å². The SMILES string of the molecule is COc1ccc(OC)c(C2C3=C(CC(C)(C)CC3=O)Nc3[nH]c(=S)[nH]c(=O)c32)c1. The Morgan fingerprint density at radius 3 is 2.55 bits per heavy atom. The van der Waals surface area contributed by atoms with E-state index in [9.17, 15) is 9.59 Å². The zero-order chi connectivity index (χ0) is 20.9. The van der Waals surface area contributed by atoms with Crippen LogP contribution >= 0.6 is 12.2 Å². The minimum Gasteiger partial charge on any atom is -0.497 e. The first-order valence-corrected chi connectivity index (χ1v) is 9.76. The molecule has 0 saturated heterocycles. The van der Waals surface area contributed by atoms with Crippen molar-refractivity contribution in [3.05, 3.63) is 55.7 Å². The Labute approximate surface area is 173 Å². The van der Waals surface area contributed by atoms with Crippen LogP contribution < -0.4 is 20.3 Å². The van der Waals surface area contributed by atoms with Gasteiger partial charge in [0, 0.05) is 23.3 Å². The maximum Gasteiger partial charge on any atom is 0.257 e. The maximum absolute atomic E-state index is 13.3. The quantitative estimate of drug-likeness (QED) is 0.665. The molecule has 2 aromatic rings. The van der Waals surface area contributed by atoms with Gasteiger partial charge in [-0.15, -0.1) is 0 Å². The number of ether oxygens (including phenoxy) is 2. The molecule has 1 atom stereocenters. The number of Topliss-reactive ketones (excluding diaryl/α,β-unsaturated/α-hetero) is 1. The molecule has 0 fully saturated rings. The number of H-pyrrole nitrogens is 2. The zero-order valence-corrected chi connectivity index (χ0v) is 17.6. The molecular formula is C21H23N3O4S. The van der Waals surface area contributed by atoms with Crippen LogP contribution in [0.15, 0.2) is 34.3 Å². The van der Waals surface area contributed by atoms with Crippen molar-refractivity contribution in [2.24, 2.45) is 5.41 Å². The first-order chi connectivity index (χ1) is 13.7. The van der Waals surface area contributed by atoms with Gasteiger partial charge >= 0.3 is 0 Å². The summed E-state index contributed by atoms with van der Waals surface area (Å²) in [6, 6.07) is 5.39. The Morgan fingerprint density at radius 2 is 1.86 bits per heavy atom. The molecule has 1 aromatic heterocycles. The second-order valence-electron chi connectivity index (χ2n) is 8.20. The highest BCUT2D eigenvalue weighted by molar-refractivity contribution is 7.71. The summed E-state index contributed by atoms with van der Waals surface area (Å²) in [7, 11) is 3.14. The van der Waals surface area contributed by atoms with Crippen LogP contribution in [-0.4, -0.2) is 30.0 Å². The second kappa shape index (κ2) is 6.88. The summed E-state index contributed by atoms with van der Waals surface area (Å²) in [5, 5.41) is 3.28. The molecule has 1 aliphatic carbocycles. The van der Waals surface area contributed by atoms with E-state index in [1.165, 1.54) is 0 Å². The first kappa shape index (κ1) is 19.4. The lowest BCUT2D eigenvalue weighted by Gasteiger charge is -2.39.